The molecule has 30 heavy (non-hydrogen) atoms. The minimum atomic E-state index is -0.488. The molecule has 7 heteroatoms. The maximum atomic E-state index is 12.6. The number of hydrogen-bond acceptors (Lipinski definition) is 3. The molecule has 0 unspecified atom stereocenters. The Morgan fingerprint density at radius 1 is 1.10 bits per heavy atom. The molecule has 0 spiro atoms. The Bertz CT molecular complexity index is 1150. The molecule has 1 N–H and O–H groups in total. The fourth-order valence-corrected chi connectivity index (χ4v) is 3.69. The molecule has 0 fully saturated rings. The fraction of sp³-hybridized carbons (Fsp3) is 0.130. The fourth-order valence-electron chi connectivity index (χ4n) is 3.18. The van der Waals surface area contributed by atoms with Crippen molar-refractivity contribution in [2.45, 2.75) is 13.8 Å². The molecule has 5 nitrogen and oxygen atoms in total. The second-order valence-electron chi connectivity index (χ2n) is 6.64. The van der Waals surface area contributed by atoms with Crippen LogP contribution in [0.15, 0.2) is 54.1 Å². The van der Waals surface area contributed by atoms with Crippen LogP contribution in [0.2, 0.25) is 10.0 Å². The van der Waals surface area contributed by atoms with Gasteiger partial charge in [0, 0.05) is 32.8 Å². The molecule has 152 valence electrons. The summed E-state index contributed by atoms with van der Waals surface area (Å²) < 4.78 is 7.08. The minimum Gasteiger partial charge on any atom is -0.497 e. The normalized spacial score (nSPS) is 11.1. The SMILES string of the molecule is COc1ccc(NC(=O)/C(C#N)=C\c2cc(C)n(-c3cc(Cl)cc(Cl)c3)c2C)cc1. The number of anilines is 1. The van der Waals surface area contributed by atoms with Crippen molar-refractivity contribution in [3.05, 3.63) is 81.1 Å². The van der Waals surface area contributed by atoms with Crippen LogP contribution < -0.4 is 10.1 Å². The van der Waals surface area contributed by atoms with Crippen LogP contribution in [-0.2, 0) is 4.79 Å². The number of methoxy groups -OCH3 is 1. The zero-order chi connectivity index (χ0) is 21.8. The molecule has 0 saturated heterocycles. The number of rotatable bonds is 5. The third-order valence-corrected chi connectivity index (χ3v) is 5.03. The Kier molecular flexibility index (Phi) is 6.51. The van der Waals surface area contributed by atoms with Crippen molar-refractivity contribution < 1.29 is 9.53 Å². The van der Waals surface area contributed by atoms with Crippen LogP contribution in [0.25, 0.3) is 11.8 Å². The van der Waals surface area contributed by atoms with Crippen LogP contribution in [0, 0.1) is 25.2 Å². The predicted octanol–water partition coefficient (Wildman–Crippen LogP) is 5.96. The smallest absolute Gasteiger partial charge is 0.266 e. The number of halogens is 2. The lowest BCUT2D eigenvalue weighted by Gasteiger charge is -2.11. The predicted molar refractivity (Wildman–Crippen MR) is 120 cm³/mol. The van der Waals surface area contributed by atoms with Crippen molar-refractivity contribution in [1.29, 1.82) is 5.26 Å². The molecule has 0 bridgehead atoms. The van der Waals surface area contributed by atoms with Gasteiger partial charge in [0.1, 0.15) is 17.4 Å². The summed E-state index contributed by atoms with van der Waals surface area (Å²) >= 11 is 12.3. The van der Waals surface area contributed by atoms with Crippen molar-refractivity contribution in [3.63, 3.8) is 0 Å². The highest BCUT2D eigenvalue weighted by Crippen LogP contribution is 2.27. The van der Waals surface area contributed by atoms with Crippen molar-refractivity contribution >= 4 is 40.9 Å². The third kappa shape index (κ3) is 4.68. The van der Waals surface area contributed by atoms with Gasteiger partial charge >= 0.3 is 0 Å². The number of carbonyl (C=O) groups excluding carboxylic acids is 1. The number of aromatic nitrogens is 1. The molecule has 2 aromatic carbocycles. The van der Waals surface area contributed by atoms with Gasteiger partial charge in [0.15, 0.2) is 0 Å². The Balaban J connectivity index is 1.92. The van der Waals surface area contributed by atoms with Gasteiger partial charge in [0.05, 0.1) is 7.11 Å². The van der Waals surface area contributed by atoms with E-state index in [-0.39, 0.29) is 5.57 Å². The van der Waals surface area contributed by atoms with Gasteiger partial charge in [0.25, 0.3) is 5.91 Å². The van der Waals surface area contributed by atoms with Crippen molar-refractivity contribution in [2.75, 3.05) is 12.4 Å². The molecule has 0 saturated carbocycles. The molecule has 1 aromatic heterocycles. The lowest BCUT2D eigenvalue weighted by molar-refractivity contribution is -0.112. The van der Waals surface area contributed by atoms with E-state index < -0.39 is 5.91 Å². The topological polar surface area (TPSA) is 67.0 Å². The van der Waals surface area contributed by atoms with Crippen molar-refractivity contribution in [1.82, 2.24) is 4.57 Å². The number of carbonyl (C=O) groups is 1. The molecule has 1 amide bonds. The summed E-state index contributed by atoms with van der Waals surface area (Å²) in [7, 11) is 1.57. The molecule has 0 aliphatic heterocycles. The highest BCUT2D eigenvalue weighted by atomic mass is 35.5. The molecule has 3 aromatic rings. The monoisotopic (exact) mass is 439 g/mol. The van der Waals surface area contributed by atoms with E-state index >= 15 is 0 Å². The van der Waals surface area contributed by atoms with Gasteiger partial charge in [-0.2, -0.15) is 5.26 Å². The van der Waals surface area contributed by atoms with Gasteiger partial charge < -0.3 is 14.6 Å². The average molecular weight is 440 g/mol. The summed E-state index contributed by atoms with van der Waals surface area (Å²) in [6, 6.07) is 16.0. The Morgan fingerprint density at radius 3 is 2.30 bits per heavy atom. The molecule has 1 heterocycles. The van der Waals surface area contributed by atoms with E-state index in [4.69, 9.17) is 27.9 Å². The Labute approximate surface area is 185 Å². The van der Waals surface area contributed by atoms with Crippen LogP contribution in [0.1, 0.15) is 17.0 Å². The number of benzene rings is 2. The highest BCUT2D eigenvalue weighted by molar-refractivity contribution is 6.34. The van der Waals surface area contributed by atoms with E-state index in [2.05, 4.69) is 5.32 Å². The van der Waals surface area contributed by atoms with E-state index in [0.29, 0.717) is 21.5 Å². The number of amides is 1. The third-order valence-electron chi connectivity index (χ3n) is 4.59. The maximum Gasteiger partial charge on any atom is 0.266 e. The highest BCUT2D eigenvalue weighted by Gasteiger charge is 2.15. The molecule has 0 radical (unpaired) electrons. The first kappa shape index (κ1) is 21.5. The Hall–Kier alpha value is -3.20. The average Bonchev–Trinajstić information content (AvgIpc) is 2.98. The van der Waals surface area contributed by atoms with Crippen LogP contribution in [0.3, 0.4) is 0 Å². The number of nitrogens with one attached hydrogen (secondary N) is 1. The van der Waals surface area contributed by atoms with E-state index in [9.17, 15) is 10.1 Å². The quantitative estimate of drug-likeness (QED) is 0.394. The second kappa shape index (κ2) is 9.08. The van der Waals surface area contributed by atoms with E-state index in [1.807, 2.05) is 42.7 Å². The number of nitrogens with zero attached hydrogens (tertiary/aromatic N) is 2. The van der Waals surface area contributed by atoms with Crippen molar-refractivity contribution in [3.8, 4) is 17.5 Å². The van der Waals surface area contributed by atoms with E-state index in [0.717, 1.165) is 22.6 Å². The van der Waals surface area contributed by atoms with Crippen LogP contribution in [0.5, 0.6) is 5.75 Å². The minimum absolute atomic E-state index is 0.00445. The molecule has 0 aliphatic rings. The second-order valence-corrected chi connectivity index (χ2v) is 7.51. The number of nitriles is 1. The summed E-state index contributed by atoms with van der Waals surface area (Å²) in [4.78, 5) is 12.6. The van der Waals surface area contributed by atoms with Gasteiger partial charge in [-0.05, 0) is 74.0 Å². The van der Waals surface area contributed by atoms with Crippen LogP contribution >= 0.6 is 23.2 Å². The van der Waals surface area contributed by atoms with Gasteiger partial charge in [0.2, 0.25) is 0 Å². The van der Waals surface area contributed by atoms with Gasteiger partial charge in [-0.3, -0.25) is 4.79 Å². The van der Waals surface area contributed by atoms with Gasteiger partial charge in [-0.15, -0.1) is 0 Å². The van der Waals surface area contributed by atoms with E-state index in [1.165, 1.54) is 0 Å². The lowest BCUT2D eigenvalue weighted by Crippen LogP contribution is -2.13. The zero-order valence-electron chi connectivity index (χ0n) is 16.7. The molecular weight excluding hydrogens is 421 g/mol. The molecule has 0 atom stereocenters. The summed E-state index contributed by atoms with van der Waals surface area (Å²) in [5.41, 5.74) is 3.91. The van der Waals surface area contributed by atoms with E-state index in [1.54, 1.807) is 43.5 Å². The van der Waals surface area contributed by atoms with Crippen LogP contribution in [0.4, 0.5) is 5.69 Å². The first-order chi connectivity index (χ1) is 14.3. The van der Waals surface area contributed by atoms with Crippen LogP contribution in [-0.4, -0.2) is 17.6 Å². The summed E-state index contributed by atoms with van der Waals surface area (Å²) in [5.74, 6) is 0.191. The summed E-state index contributed by atoms with van der Waals surface area (Å²) in [5, 5.41) is 13.3. The number of aryl methyl sites for hydroxylation is 1. The number of hydrogen-bond donors (Lipinski definition) is 1. The first-order valence-corrected chi connectivity index (χ1v) is 9.80. The number of ether oxygens (including phenoxy) is 1. The van der Waals surface area contributed by atoms with Gasteiger partial charge in [-0.25, -0.2) is 0 Å². The summed E-state index contributed by atoms with van der Waals surface area (Å²) in [6.07, 6.45) is 1.57. The van der Waals surface area contributed by atoms with Gasteiger partial charge in [-0.1, -0.05) is 23.2 Å². The first-order valence-electron chi connectivity index (χ1n) is 9.05. The van der Waals surface area contributed by atoms with Crippen molar-refractivity contribution in [2.24, 2.45) is 0 Å². The molecule has 3 rings (SSSR count). The lowest BCUT2D eigenvalue weighted by atomic mass is 10.1. The molecular formula is C23H19Cl2N3O2. The Morgan fingerprint density at radius 2 is 1.73 bits per heavy atom. The molecule has 0 aliphatic carbocycles. The maximum absolute atomic E-state index is 12.6. The largest absolute Gasteiger partial charge is 0.497 e. The summed E-state index contributed by atoms with van der Waals surface area (Å²) in [6.45, 7) is 3.84. The zero-order valence-corrected chi connectivity index (χ0v) is 18.2. The standard InChI is InChI=1S/C23H19Cl2N3O2/c1-14-8-16(15(2)28(14)21-11-18(24)10-19(25)12-21)9-17(13-26)23(29)27-20-4-6-22(30-3)7-5-20/h4-12H,1-3H3,(H,27,29)/b17-9-.